The number of carbonyl (C=O) groups excluding carboxylic acids is 2. The van der Waals surface area contributed by atoms with Crippen LogP contribution in [0.3, 0.4) is 0 Å². The average Bonchev–Trinajstić information content (AvgIpc) is 2.95. The van der Waals surface area contributed by atoms with E-state index in [0.29, 0.717) is 60.8 Å². The van der Waals surface area contributed by atoms with Crippen molar-refractivity contribution in [2.24, 2.45) is 0 Å². The lowest BCUT2D eigenvalue weighted by atomic mass is 10.2. The maximum atomic E-state index is 11.4. The summed E-state index contributed by atoms with van der Waals surface area (Å²) in [7, 11) is 3.34. The standard InChI is InChI=1S/C11H15ClN2O2.C11H13ClO2S.C7H4ClI2NO2/c1-4-16-10-6-5-8(7-9(10)12)13-11(15)14(2)3;1-3-13-11(15)7-14-10-5-4-9(12)6-8(10)2;1-3(12)13-6-4(9)2-11-7(8)5(6)10/h5-7H,4H2,1-3H3,(H,13,15);4-6H,3,7H2,1-2H3;2H,1H3. The van der Waals surface area contributed by atoms with Gasteiger partial charge in [-0.15, -0.1) is 0 Å². The molecule has 3 rings (SSSR count). The quantitative estimate of drug-likeness (QED) is 0.104. The lowest BCUT2D eigenvalue weighted by Gasteiger charge is -2.13. The maximum absolute atomic E-state index is 11.4. The van der Waals surface area contributed by atoms with E-state index in [1.54, 1.807) is 44.6 Å². The Labute approximate surface area is 305 Å². The van der Waals surface area contributed by atoms with Crippen molar-refractivity contribution in [3.8, 4) is 17.2 Å². The minimum Gasteiger partial charge on any atom is -0.492 e. The number of hydrogen-bond donors (Lipinski definition) is 1. The number of aromatic nitrogens is 1. The maximum Gasteiger partial charge on any atom is 0.321 e. The van der Waals surface area contributed by atoms with Crippen LogP contribution in [0.25, 0.3) is 0 Å². The van der Waals surface area contributed by atoms with Crippen molar-refractivity contribution < 1.29 is 28.5 Å². The fourth-order valence-electron chi connectivity index (χ4n) is 2.86. The van der Waals surface area contributed by atoms with Crippen LogP contribution >= 0.6 is 92.2 Å². The molecule has 0 saturated heterocycles. The molecule has 0 atom stereocenters. The molecule has 0 spiro atoms. The summed E-state index contributed by atoms with van der Waals surface area (Å²) in [5.41, 5.74) is 1.63. The number of benzene rings is 2. The van der Waals surface area contributed by atoms with Gasteiger partial charge in [0.1, 0.15) is 16.7 Å². The van der Waals surface area contributed by atoms with E-state index in [1.165, 1.54) is 11.8 Å². The lowest BCUT2D eigenvalue weighted by molar-refractivity contribution is -0.132. The Kier molecular flexibility index (Phi) is 19.2. The van der Waals surface area contributed by atoms with Crippen molar-refractivity contribution in [2.75, 3.05) is 39.2 Å². The number of halogens is 5. The highest BCUT2D eigenvalue weighted by Gasteiger charge is 2.13. The van der Waals surface area contributed by atoms with Crippen LogP contribution in [0.2, 0.25) is 15.2 Å². The zero-order chi connectivity index (χ0) is 33.4. The number of hydrogen-bond acceptors (Lipinski definition) is 8. The summed E-state index contributed by atoms with van der Waals surface area (Å²) in [5, 5.41) is 4.69. The van der Waals surface area contributed by atoms with Gasteiger partial charge in [0.05, 0.1) is 25.4 Å². The second-order valence-electron chi connectivity index (χ2n) is 8.54. The van der Waals surface area contributed by atoms with Crippen LogP contribution < -0.4 is 19.5 Å². The first kappa shape index (κ1) is 40.2. The van der Waals surface area contributed by atoms with Gasteiger partial charge in [0.2, 0.25) is 0 Å². The van der Waals surface area contributed by atoms with Gasteiger partial charge in [0, 0.05) is 37.9 Å². The van der Waals surface area contributed by atoms with Gasteiger partial charge in [0.25, 0.3) is 0 Å². The number of ether oxygens (including phenoxy) is 4. The van der Waals surface area contributed by atoms with E-state index >= 15 is 0 Å². The lowest BCUT2D eigenvalue weighted by Crippen LogP contribution is -2.27. The van der Waals surface area contributed by atoms with E-state index in [4.69, 9.17) is 66.0 Å². The Morgan fingerprint density at radius 3 is 2.20 bits per heavy atom. The highest BCUT2D eigenvalue weighted by molar-refractivity contribution is 14.1. The van der Waals surface area contributed by atoms with Crippen molar-refractivity contribution in [1.29, 1.82) is 0 Å². The zero-order valence-electron chi connectivity index (χ0n) is 24.8. The number of anilines is 1. The molecular formula is C29H32Cl3I2N3O6S. The minimum absolute atomic E-state index is 0.194. The second kappa shape index (κ2) is 21.0. The molecule has 0 aliphatic heterocycles. The van der Waals surface area contributed by atoms with Crippen LogP contribution in [0, 0.1) is 14.1 Å². The molecule has 240 valence electrons. The number of thiocarbonyl (C=S) groups is 1. The Hall–Kier alpha value is -1.85. The number of urea groups is 1. The fraction of sp³-hybridized carbons (Fsp3) is 0.310. The average molecular weight is 911 g/mol. The molecular weight excluding hydrogens is 879 g/mol. The molecule has 0 radical (unpaired) electrons. The van der Waals surface area contributed by atoms with Crippen molar-refractivity contribution in [3.05, 3.63) is 70.5 Å². The summed E-state index contributed by atoms with van der Waals surface area (Å²) in [4.78, 5) is 27.5. The summed E-state index contributed by atoms with van der Waals surface area (Å²) in [6.45, 7) is 8.49. The van der Waals surface area contributed by atoms with E-state index in [2.05, 4.69) is 10.3 Å². The second-order valence-corrected chi connectivity index (χ2v) is 12.4. The number of amides is 2. The van der Waals surface area contributed by atoms with Gasteiger partial charge in [0.15, 0.2) is 17.4 Å². The molecule has 1 aromatic heterocycles. The SMILES string of the molecule is CC(=O)Oc1c(I)cnc(Cl)c1I.CCOC(=S)COc1ccc(Cl)cc1C.CCOc1ccc(NC(=O)N(C)C)cc1Cl. The van der Waals surface area contributed by atoms with Crippen molar-refractivity contribution in [1.82, 2.24) is 9.88 Å². The predicted octanol–water partition coefficient (Wildman–Crippen LogP) is 9.09. The van der Waals surface area contributed by atoms with Crippen molar-refractivity contribution in [2.45, 2.75) is 27.7 Å². The number of pyridine rings is 1. The zero-order valence-corrected chi connectivity index (χ0v) is 32.2. The summed E-state index contributed by atoms with van der Waals surface area (Å²) in [6.07, 6.45) is 1.56. The molecule has 0 aliphatic rings. The van der Waals surface area contributed by atoms with Gasteiger partial charge in [-0.3, -0.25) is 4.79 Å². The van der Waals surface area contributed by atoms with Crippen LogP contribution in [-0.2, 0) is 9.53 Å². The topological polar surface area (TPSA) is 99.2 Å². The van der Waals surface area contributed by atoms with E-state index in [-0.39, 0.29) is 12.0 Å². The first-order valence-corrected chi connectivity index (χ1v) is 16.5. The Balaban J connectivity index is 0.000000332. The molecule has 2 amide bonds. The largest absolute Gasteiger partial charge is 0.492 e. The third-order valence-corrected chi connectivity index (χ3v) is 7.95. The van der Waals surface area contributed by atoms with E-state index < -0.39 is 0 Å². The van der Waals surface area contributed by atoms with Crippen LogP contribution in [0.1, 0.15) is 26.3 Å². The highest BCUT2D eigenvalue weighted by atomic mass is 127. The Bertz CT molecular complexity index is 1430. The molecule has 0 fully saturated rings. The van der Waals surface area contributed by atoms with Gasteiger partial charge < -0.3 is 29.2 Å². The summed E-state index contributed by atoms with van der Waals surface area (Å²) in [6, 6.07) is 10.4. The fourth-order valence-corrected chi connectivity index (χ4v) is 5.21. The smallest absolute Gasteiger partial charge is 0.321 e. The van der Waals surface area contributed by atoms with E-state index in [1.807, 2.05) is 78.1 Å². The monoisotopic (exact) mass is 909 g/mol. The summed E-state index contributed by atoms with van der Waals surface area (Å²) >= 11 is 26.5. The van der Waals surface area contributed by atoms with Crippen molar-refractivity contribution >= 4 is 115 Å². The first-order chi connectivity index (χ1) is 20.7. The number of nitrogens with one attached hydrogen (secondary N) is 1. The minimum atomic E-state index is -0.363. The molecule has 1 N–H and O–H groups in total. The molecule has 0 aliphatic carbocycles. The predicted molar refractivity (Wildman–Crippen MR) is 197 cm³/mol. The van der Waals surface area contributed by atoms with Gasteiger partial charge in [-0.1, -0.05) is 34.8 Å². The van der Waals surface area contributed by atoms with Crippen LogP contribution in [0.4, 0.5) is 10.5 Å². The van der Waals surface area contributed by atoms with Crippen LogP contribution in [0.15, 0.2) is 42.6 Å². The van der Waals surface area contributed by atoms with Gasteiger partial charge in [-0.2, -0.15) is 0 Å². The van der Waals surface area contributed by atoms with Gasteiger partial charge in [-0.25, -0.2) is 9.78 Å². The third kappa shape index (κ3) is 15.0. The van der Waals surface area contributed by atoms with Crippen LogP contribution in [-0.4, -0.2) is 60.9 Å². The number of rotatable bonds is 8. The third-order valence-electron chi connectivity index (χ3n) is 4.81. The molecule has 0 bridgehead atoms. The number of aryl methyl sites for hydroxylation is 1. The van der Waals surface area contributed by atoms with Crippen LogP contribution in [0.5, 0.6) is 17.2 Å². The number of nitrogens with zero attached hydrogens (tertiary/aromatic N) is 2. The first-order valence-electron chi connectivity index (χ1n) is 12.8. The molecule has 1 heterocycles. The molecule has 9 nitrogen and oxygen atoms in total. The molecule has 15 heteroatoms. The highest BCUT2D eigenvalue weighted by Crippen LogP contribution is 2.31. The number of carbonyl (C=O) groups is 2. The number of esters is 1. The molecule has 0 saturated carbocycles. The molecule has 3 aromatic rings. The van der Waals surface area contributed by atoms with Crippen molar-refractivity contribution in [3.63, 3.8) is 0 Å². The molecule has 44 heavy (non-hydrogen) atoms. The van der Waals surface area contributed by atoms with E-state index in [0.717, 1.165) is 14.9 Å². The Morgan fingerprint density at radius 2 is 1.66 bits per heavy atom. The summed E-state index contributed by atoms with van der Waals surface area (Å²) in [5.74, 6) is 1.51. The molecule has 0 unspecified atom stereocenters. The molecule has 2 aromatic carbocycles. The Morgan fingerprint density at radius 1 is 1.00 bits per heavy atom. The van der Waals surface area contributed by atoms with E-state index in [9.17, 15) is 9.59 Å². The summed E-state index contributed by atoms with van der Waals surface area (Å²) < 4.78 is 22.3. The van der Waals surface area contributed by atoms with Gasteiger partial charge in [-0.05, 0) is 120 Å². The normalized spacial score (nSPS) is 9.80. The van der Waals surface area contributed by atoms with Gasteiger partial charge >= 0.3 is 12.0 Å².